The third-order valence-electron chi connectivity index (χ3n) is 2.55. The fraction of sp³-hybridized carbons (Fsp3) is 0.0769. The molecule has 0 fully saturated rings. The summed E-state index contributed by atoms with van der Waals surface area (Å²) in [5, 5.41) is 0.0661. The Bertz CT molecular complexity index is 696. The molecular formula is C13H11ClFNO2S. The first kappa shape index (κ1) is 13.8. The zero-order valence-corrected chi connectivity index (χ0v) is 11.4. The minimum absolute atomic E-state index is 0.0661. The lowest BCUT2D eigenvalue weighted by atomic mass is 10.2. The maximum atomic E-state index is 13.1. The van der Waals surface area contributed by atoms with E-state index >= 15 is 0 Å². The van der Waals surface area contributed by atoms with Gasteiger partial charge in [-0.3, -0.25) is 0 Å². The van der Waals surface area contributed by atoms with E-state index in [9.17, 15) is 12.8 Å². The third kappa shape index (κ3) is 3.05. The van der Waals surface area contributed by atoms with Gasteiger partial charge in [-0.15, -0.1) is 0 Å². The first-order chi connectivity index (χ1) is 8.90. The summed E-state index contributed by atoms with van der Waals surface area (Å²) in [5.74, 6) is -0.835. The molecular weight excluding hydrogens is 289 g/mol. The number of anilines is 1. The summed E-state index contributed by atoms with van der Waals surface area (Å²) < 4.78 is 37.6. The summed E-state index contributed by atoms with van der Waals surface area (Å²) in [6, 6.07) is 9.90. The molecule has 0 spiro atoms. The van der Waals surface area contributed by atoms with Crippen molar-refractivity contribution in [1.29, 1.82) is 0 Å². The van der Waals surface area contributed by atoms with E-state index in [1.807, 2.05) is 0 Å². The second-order valence-corrected chi connectivity index (χ2v) is 6.38. The Kier molecular flexibility index (Phi) is 3.78. The van der Waals surface area contributed by atoms with Crippen LogP contribution >= 0.6 is 11.6 Å². The molecule has 0 radical (unpaired) electrons. The molecule has 3 nitrogen and oxygen atoms in total. The van der Waals surface area contributed by atoms with E-state index in [0.717, 1.165) is 0 Å². The van der Waals surface area contributed by atoms with E-state index in [1.165, 1.54) is 36.4 Å². The van der Waals surface area contributed by atoms with E-state index in [-0.39, 0.29) is 21.4 Å². The molecule has 19 heavy (non-hydrogen) atoms. The minimum Gasteiger partial charge on any atom is -0.398 e. The molecule has 0 amide bonds. The number of hydrogen-bond donors (Lipinski definition) is 1. The van der Waals surface area contributed by atoms with E-state index < -0.39 is 15.7 Å². The van der Waals surface area contributed by atoms with Crippen molar-refractivity contribution < 1.29 is 12.8 Å². The maximum Gasteiger partial charge on any atom is 0.186 e. The normalized spacial score (nSPS) is 11.5. The van der Waals surface area contributed by atoms with Gasteiger partial charge in [0.05, 0.1) is 16.5 Å². The van der Waals surface area contributed by atoms with Crippen molar-refractivity contribution >= 4 is 27.1 Å². The van der Waals surface area contributed by atoms with Crippen LogP contribution < -0.4 is 5.73 Å². The Morgan fingerprint density at radius 2 is 1.84 bits per heavy atom. The van der Waals surface area contributed by atoms with Crippen molar-refractivity contribution in [2.75, 3.05) is 5.73 Å². The molecule has 0 aliphatic carbocycles. The zero-order chi connectivity index (χ0) is 14.0. The van der Waals surface area contributed by atoms with Gasteiger partial charge in [-0.25, -0.2) is 12.8 Å². The Morgan fingerprint density at radius 1 is 1.16 bits per heavy atom. The van der Waals surface area contributed by atoms with Gasteiger partial charge in [-0.1, -0.05) is 29.8 Å². The number of halogens is 2. The quantitative estimate of drug-likeness (QED) is 0.886. The first-order valence-electron chi connectivity index (χ1n) is 5.41. The lowest BCUT2D eigenvalue weighted by Crippen LogP contribution is -2.08. The summed E-state index contributed by atoms with van der Waals surface area (Å²) in [7, 11) is -3.72. The second kappa shape index (κ2) is 5.19. The van der Waals surface area contributed by atoms with Gasteiger partial charge in [0.1, 0.15) is 10.7 Å². The predicted octanol–water partition coefficient (Wildman–Crippen LogP) is 3.04. The maximum absolute atomic E-state index is 13.1. The van der Waals surface area contributed by atoms with Gasteiger partial charge in [-0.2, -0.15) is 0 Å². The van der Waals surface area contributed by atoms with Gasteiger partial charge in [0.25, 0.3) is 0 Å². The largest absolute Gasteiger partial charge is 0.398 e. The monoisotopic (exact) mass is 299 g/mol. The lowest BCUT2D eigenvalue weighted by molar-refractivity contribution is 0.595. The topological polar surface area (TPSA) is 60.2 Å². The number of sulfone groups is 1. The van der Waals surface area contributed by atoms with Gasteiger partial charge in [0, 0.05) is 0 Å². The molecule has 0 aliphatic heterocycles. The van der Waals surface area contributed by atoms with Crippen LogP contribution in [0.5, 0.6) is 0 Å². The zero-order valence-electron chi connectivity index (χ0n) is 9.81. The van der Waals surface area contributed by atoms with Crippen LogP contribution in [0.4, 0.5) is 10.1 Å². The van der Waals surface area contributed by atoms with Crippen LogP contribution in [0.25, 0.3) is 0 Å². The standard InChI is InChI=1S/C13H11ClFNO2S/c14-11-5-2-6-12(16)13(11)19(17,18)8-9-3-1-4-10(15)7-9/h1-7H,8,16H2. The molecule has 100 valence electrons. The number of rotatable bonds is 3. The summed E-state index contributed by atoms with van der Waals surface area (Å²) in [6.45, 7) is 0. The van der Waals surface area contributed by atoms with Crippen LogP contribution in [-0.4, -0.2) is 8.42 Å². The molecule has 0 saturated heterocycles. The molecule has 0 unspecified atom stereocenters. The van der Waals surface area contributed by atoms with E-state index in [2.05, 4.69) is 0 Å². The molecule has 2 aromatic carbocycles. The van der Waals surface area contributed by atoms with E-state index in [1.54, 1.807) is 6.07 Å². The van der Waals surface area contributed by atoms with Crippen molar-refractivity contribution in [3.05, 3.63) is 58.9 Å². The highest BCUT2D eigenvalue weighted by atomic mass is 35.5. The van der Waals surface area contributed by atoms with Gasteiger partial charge in [-0.05, 0) is 29.8 Å². The lowest BCUT2D eigenvalue weighted by Gasteiger charge is -2.09. The summed E-state index contributed by atoms with van der Waals surface area (Å²) >= 11 is 5.88. The average Bonchev–Trinajstić information content (AvgIpc) is 2.27. The Hall–Kier alpha value is -1.59. The van der Waals surface area contributed by atoms with Gasteiger partial charge in [0.2, 0.25) is 0 Å². The summed E-state index contributed by atoms with van der Waals surface area (Å²) in [4.78, 5) is -0.110. The molecule has 0 atom stereocenters. The smallest absolute Gasteiger partial charge is 0.186 e. The molecule has 0 aromatic heterocycles. The van der Waals surface area contributed by atoms with Crippen LogP contribution in [0, 0.1) is 5.82 Å². The third-order valence-corrected chi connectivity index (χ3v) is 4.77. The first-order valence-corrected chi connectivity index (χ1v) is 7.44. The summed E-state index contributed by atoms with van der Waals surface area (Å²) in [6.07, 6.45) is 0. The molecule has 0 saturated carbocycles. The molecule has 0 bridgehead atoms. The van der Waals surface area contributed by atoms with Crippen LogP contribution in [0.3, 0.4) is 0 Å². The molecule has 0 aliphatic rings. The van der Waals surface area contributed by atoms with Crippen molar-refractivity contribution in [3.8, 4) is 0 Å². The number of hydrogen-bond acceptors (Lipinski definition) is 3. The number of benzene rings is 2. The Balaban J connectivity index is 2.44. The molecule has 0 heterocycles. The fourth-order valence-electron chi connectivity index (χ4n) is 1.77. The second-order valence-electron chi connectivity index (χ2n) is 4.05. The Morgan fingerprint density at radius 3 is 2.47 bits per heavy atom. The van der Waals surface area contributed by atoms with Gasteiger partial charge in [0.15, 0.2) is 9.84 Å². The van der Waals surface area contributed by atoms with Crippen molar-refractivity contribution in [2.45, 2.75) is 10.6 Å². The van der Waals surface area contributed by atoms with Crippen LogP contribution in [0.1, 0.15) is 5.56 Å². The molecule has 2 rings (SSSR count). The summed E-state index contributed by atoms with van der Waals surface area (Å²) in [5.41, 5.74) is 6.09. The number of nitrogen functional groups attached to an aromatic ring is 1. The van der Waals surface area contributed by atoms with Crippen molar-refractivity contribution in [3.63, 3.8) is 0 Å². The highest BCUT2D eigenvalue weighted by Crippen LogP contribution is 2.29. The number of nitrogens with two attached hydrogens (primary N) is 1. The SMILES string of the molecule is Nc1cccc(Cl)c1S(=O)(=O)Cc1cccc(F)c1. The molecule has 2 aromatic rings. The average molecular weight is 300 g/mol. The highest BCUT2D eigenvalue weighted by molar-refractivity contribution is 7.91. The van der Waals surface area contributed by atoms with Crippen LogP contribution in [0.2, 0.25) is 5.02 Å². The van der Waals surface area contributed by atoms with E-state index in [4.69, 9.17) is 17.3 Å². The van der Waals surface area contributed by atoms with Crippen LogP contribution in [-0.2, 0) is 15.6 Å². The minimum atomic E-state index is -3.72. The fourth-order valence-corrected chi connectivity index (χ4v) is 3.86. The van der Waals surface area contributed by atoms with Crippen LogP contribution in [0.15, 0.2) is 47.4 Å². The molecule has 6 heteroatoms. The highest BCUT2D eigenvalue weighted by Gasteiger charge is 2.21. The molecule has 2 N–H and O–H groups in total. The predicted molar refractivity (Wildman–Crippen MR) is 73.2 cm³/mol. The Labute approximate surface area is 115 Å². The van der Waals surface area contributed by atoms with Gasteiger partial charge < -0.3 is 5.73 Å². The van der Waals surface area contributed by atoms with Crippen molar-refractivity contribution in [1.82, 2.24) is 0 Å². The van der Waals surface area contributed by atoms with Gasteiger partial charge >= 0.3 is 0 Å². The van der Waals surface area contributed by atoms with E-state index in [0.29, 0.717) is 5.56 Å². The van der Waals surface area contributed by atoms with Crippen molar-refractivity contribution in [2.24, 2.45) is 0 Å².